The molecule has 0 bridgehead atoms. The highest BCUT2D eigenvalue weighted by Gasteiger charge is 2.20. The van der Waals surface area contributed by atoms with Gasteiger partial charge in [0, 0.05) is 24.5 Å². The van der Waals surface area contributed by atoms with Gasteiger partial charge in [0.25, 0.3) is 5.91 Å². The molecule has 0 aromatic carbocycles. The number of halogens is 1. The van der Waals surface area contributed by atoms with Crippen molar-refractivity contribution in [3.8, 4) is 0 Å². The Labute approximate surface area is 121 Å². The lowest BCUT2D eigenvalue weighted by Gasteiger charge is -2.32. The zero-order valence-electron chi connectivity index (χ0n) is 10.6. The highest BCUT2D eigenvalue weighted by molar-refractivity contribution is 9.11. The second-order valence-corrected chi connectivity index (χ2v) is 7.02. The van der Waals surface area contributed by atoms with Gasteiger partial charge in [0.05, 0.1) is 9.35 Å². The van der Waals surface area contributed by atoms with Crippen LogP contribution in [0.4, 0.5) is 0 Å². The summed E-state index contributed by atoms with van der Waals surface area (Å²) in [5, 5.41) is 5.03. The van der Waals surface area contributed by atoms with Crippen molar-refractivity contribution in [2.75, 3.05) is 19.6 Å². The van der Waals surface area contributed by atoms with Gasteiger partial charge in [0.2, 0.25) is 0 Å². The molecule has 2 heterocycles. The molecule has 1 aliphatic heterocycles. The molecule has 1 aromatic heterocycles. The van der Waals surface area contributed by atoms with Crippen molar-refractivity contribution in [3.05, 3.63) is 20.8 Å². The van der Waals surface area contributed by atoms with Gasteiger partial charge in [0.1, 0.15) is 0 Å². The molecular formula is C13H19BrN2OS. The molecule has 1 N–H and O–H groups in total. The number of amides is 1. The second-order valence-electron chi connectivity index (χ2n) is 4.73. The van der Waals surface area contributed by atoms with E-state index in [4.69, 9.17) is 0 Å². The number of hydrogen-bond donors (Lipinski definition) is 1. The molecule has 1 amide bonds. The van der Waals surface area contributed by atoms with Crippen molar-refractivity contribution in [2.24, 2.45) is 0 Å². The maximum absolute atomic E-state index is 12.0. The lowest BCUT2D eigenvalue weighted by atomic mass is 10.0. The maximum atomic E-state index is 12.0. The van der Waals surface area contributed by atoms with Crippen molar-refractivity contribution >= 4 is 33.2 Å². The molecule has 1 saturated heterocycles. The van der Waals surface area contributed by atoms with Crippen LogP contribution in [0.1, 0.15) is 36.5 Å². The maximum Gasteiger partial charge on any atom is 0.252 e. The van der Waals surface area contributed by atoms with Crippen LogP contribution in [0.3, 0.4) is 0 Å². The number of likely N-dealkylation sites (tertiary alicyclic amines) is 1. The van der Waals surface area contributed by atoms with Crippen molar-refractivity contribution < 1.29 is 4.79 Å². The van der Waals surface area contributed by atoms with Gasteiger partial charge in [-0.05, 0) is 47.8 Å². The van der Waals surface area contributed by atoms with Crippen molar-refractivity contribution in [1.82, 2.24) is 10.2 Å². The number of carbonyl (C=O) groups is 1. The summed E-state index contributed by atoms with van der Waals surface area (Å²) in [5.41, 5.74) is 0.767. The van der Waals surface area contributed by atoms with E-state index in [1.54, 1.807) is 11.3 Å². The number of rotatable bonds is 4. The van der Waals surface area contributed by atoms with E-state index in [0.717, 1.165) is 35.3 Å². The quantitative estimate of drug-likeness (QED) is 0.919. The fourth-order valence-electron chi connectivity index (χ4n) is 2.32. The van der Waals surface area contributed by atoms with Crippen molar-refractivity contribution in [2.45, 2.75) is 32.2 Å². The van der Waals surface area contributed by atoms with Crippen LogP contribution in [0.25, 0.3) is 0 Å². The second kappa shape index (κ2) is 6.68. The molecule has 18 heavy (non-hydrogen) atoms. The van der Waals surface area contributed by atoms with Gasteiger partial charge in [-0.2, -0.15) is 0 Å². The van der Waals surface area contributed by atoms with E-state index in [1.165, 1.54) is 13.0 Å². The molecule has 0 atom stereocenters. The molecule has 0 spiro atoms. The summed E-state index contributed by atoms with van der Waals surface area (Å²) in [6.45, 7) is 5.60. The first-order chi connectivity index (χ1) is 8.69. The van der Waals surface area contributed by atoms with Gasteiger partial charge in [-0.25, -0.2) is 0 Å². The fraction of sp³-hybridized carbons (Fsp3) is 0.615. The molecular weight excluding hydrogens is 312 g/mol. The van der Waals surface area contributed by atoms with E-state index in [2.05, 4.69) is 33.1 Å². The molecule has 1 aromatic rings. The van der Waals surface area contributed by atoms with Gasteiger partial charge in [-0.1, -0.05) is 6.92 Å². The van der Waals surface area contributed by atoms with Crippen molar-refractivity contribution in [3.63, 3.8) is 0 Å². The molecule has 0 aliphatic carbocycles. The Morgan fingerprint density at radius 1 is 1.56 bits per heavy atom. The smallest absolute Gasteiger partial charge is 0.252 e. The average Bonchev–Trinajstić information content (AvgIpc) is 2.79. The van der Waals surface area contributed by atoms with E-state index >= 15 is 0 Å². The zero-order chi connectivity index (χ0) is 13.0. The summed E-state index contributed by atoms with van der Waals surface area (Å²) in [7, 11) is 0. The van der Waals surface area contributed by atoms with Crippen LogP contribution < -0.4 is 5.32 Å². The molecule has 100 valence electrons. The van der Waals surface area contributed by atoms with E-state index in [9.17, 15) is 4.79 Å². The number of thiophene rings is 1. The van der Waals surface area contributed by atoms with E-state index < -0.39 is 0 Å². The first kappa shape index (κ1) is 14.0. The first-order valence-corrected chi connectivity index (χ1v) is 8.13. The van der Waals surface area contributed by atoms with E-state index in [-0.39, 0.29) is 5.91 Å². The zero-order valence-corrected chi connectivity index (χ0v) is 13.0. The standard InChI is InChI=1S/C13H19BrN2OS/c1-2-5-16-6-3-11(4-7-16)15-13(17)10-8-12(14)18-9-10/h8-9,11H,2-7H2,1H3,(H,15,17). The van der Waals surface area contributed by atoms with Gasteiger partial charge in [-0.3, -0.25) is 4.79 Å². The fourth-order valence-corrected chi connectivity index (χ4v) is 3.45. The summed E-state index contributed by atoms with van der Waals surface area (Å²) < 4.78 is 1.01. The average molecular weight is 331 g/mol. The molecule has 3 nitrogen and oxygen atoms in total. The van der Waals surface area contributed by atoms with Gasteiger partial charge < -0.3 is 10.2 Å². The third-order valence-corrected chi connectivity index (χ3v) is 4.80. The molecule has 2 rings (SSSR count). The Morgan fingerprint density at radius 2 is 2.28 bits per heavy atom. The third-order valence-electron chi connectivity index (χ3n) is 3.29. The lowest BCUT2D eigenvalue weighted by Crippen LogP contribution is -2.44. The Bertz CT molecular complexity index is 399. The molecule has 1 fully saturated rings. The van der Waals surface area contributed by atoms with Crippen LogP contribution in [0.15, 0.2) is 15.2 Å². The molecule has 0 saturated carbocycles. The first-order valence-electron chi connectivity index (χ1n) is 6.46. The third kappa shape index (κ3) is 3.80. The predicted molar refractivity (Wildman–Crippen MR) is 79.2 cm³/mol. The Morgan fingerprint density at radius 3 is 2.83 bits per heavy atom. The summed E-state index contributed by atoms with van der Waals surface area (Å²) in [6, 6.07) is 2.22. The Kier molecular flexibility index (Phi) is 5.21. The molecule has 0 radical (unpaired) electrons. The number of nitrogens with one attached hydrogen (secondary N) is 1. The Balaban J connectivity index is 1.79. The largest absolute Gasteiger partial charge is 0.349 e. The minimum Gasteiger partial charge on any atom is -0.349 e. The molecule has 5 heteroatoms. The normalized spacial score (nSPS) is 17.9. The number of carbonyl (C=O) groups excluding carboxylic acids is 1. The minimum absolute atomic E-state index is 0.0610. The van der Waals surface area contributed by atoms with Crippen LogP contribution >= 0.6 is 27.3 Å². The monoisotopic (exact) mass is 330 g/mol. The lowest BCUT2D eigenvalue weighted by molar-refractivity contribution is 0.0911. The van der Waals surface area contributed by atoms with E-state index in [0.29, 0.717) is 6.04 Å². The summed E-state index contributed by atoms with van der Waals surface area (Å²) in [4.78, 5) is 14.5. The highest BCUT2D eigenvalue weighted by atomic mass is 79.9. The van der Waals surface area contributed by atoms with Crippen LogP contribution in [-0.2, 0) is 0 Å². The van der Waals surface area contributed by atoms with Gasteiger partial charge in [-0.15, -0.1) is 11.3 Å². The highest BCUT2D eigenvalue weighted by Crippen LogP contribution is 2.21. The van der Waals surface area contributed by atoms with Crippen LogP contribution in [-0.4, -0.2) is 36.5 Å². The number of piperidine rings is 1. The van der Waals surface area contributed by atoms with Gasteiger partial charge >= 0.3 is 0 Å². The van der Waals surface area contributed by atoms with E-state index in [1.807, 2.05) is 11.4 Å². The van der Waals surface area contributed by atoms with Crippen LogP contribution in [0, 0.1) is 0 Å². The molecule has 1 aliphatic rings. The minimum atomic E-state index is 0.0610. The predicted octanol–water partition coefficient (Wildman–Crippen LogP) is 3.11. The van der Waals surface area contributed by atoms with Crippen LogP contribution in [0.2, 0.25) is 0 Å². The SMILES string of the molecule is CCCN1CCC(NC(=O)c2csc(Br)c2)CC1. The van der Waals surface area contributed by atoms with Gasteiger partial charge in [0.15, 0.2) is 0 Å². The molecule has 0 unspecified atom stereocenters. The van der Waals surface area contributed by atoms with Crippen LogP contribution in [0.5, 0.6) is 0 Å². The summed E-state index contributed by atoms with van der Waals surface area (Å²) in [5.74, 6) is 0.0610. The topological polar surface area (TPSA) is 32.3 Å². The summed E-state index contributed by atoms with van der Waals surface area (Å²) >= 11 is 4.93. The summed E-state index contributed by atoms with van der Waals surface area (Å²) in [6.07, 6.45) is 3.34. The number of hydrogen-bond acceptors (Lipinski definition) is 3. The number of nitrogens with zero attached hydrogens (tertiary/aromatic N) is 1. The van der Waals surface area contributed by atoms with Crippen molar-refractivity contribution in [1.29, 1.82) is 0 Å². The Hall–Kier alpha value is -0.390.